The number of hydrogen-bond donors (Lipinski definition) is 1. The van der Waals surface area contributed by atoms with Gasteiger partial charge in [0.1, 0.15) is 5.75 Å². The lowest BCUT2D eigenvalue weighted by Gasteiger charge is -2.37. The van der Waals surface area contributed by atoms with Gasteiger partial charge in [-0.3, -0.25) is 4.79 Å². The zero-order valence-corrected chi connectivity index (χ0v) is 16.9. The number of nitrogens with zero attached hydrogens (tertiary/aromatic N) is 1. The topological polar surface area (TPSA) is 41.6 Å². The van der Waals surface area contributed by atoms with Crippen molar-refractivity contribution in [1.29, 1.82) is 0 Å². The average Bonchev–Trinajstić information content (AvgIpc) is 2.72. The Morgan fingerprint density at radius 3 is 2.56 bits per heavy atom. The molecule has 146 valence electrons. The van der Waals surface area contributed by atoms with Gasteiger partial charge in [0.25, 0.3) is 0 Å². The van der Waals surface area contributed by atoms with Gasteiger partial charge in [0.15, 0.2) is 0 Å². The van der Waals surface area contributed by atoms with Crippen LogP contribution in [0, 0.1) is 0 Å². The number of rotatable bonds is 6. The minimum atomic E-state index is 0. The second-order valence-electron chi connectivity index (χ2n) is 6.72. The molecule has 1 fully saturated rings. The summed E-state index contributed by atoms with van der Waals surface area (Å²) in [5.41, 5.74) is 3.63. The lowest BCUT2D eigenvalue weighted by atomic mass is 10.0. The van der Waals surface area contributed by atoms with E-state index in [-0.39, 0.29) is 24.4 Å². The fraction of sp³-hybridized carbons (Fsp3) is 0.409. The molecule has 0 aromatic heterocycles. The van der Waals surface area contributed by atoms with Crippen molar-refractivity contribution >= 4 is 18.3 Å². The van der Waals surface area contributed by atoms with Crippen LogP contribution in [-0.4, -0.2) is 37.6 Å². The fourth-order valence-electron chi connectivity index (χ4n) is 3.56. The molecule has 1 amide bonds. The van der Waals surface area contributed by atoms with Gasteiger partial charge in [-0.2, -0.15) is 0 Å². The molecule has 1 heterocycles. The van der Waals surface area contributed by atoms with E-state index in [4.69, 9.17) is 4.74 Å². The molecule has 27 heavy (non-hydrogen) atoms. The lowest BCUT2D eigenvalue weighted by Crippen LogP contribution is -2.48. The third-order valence-electron chi connectivity index (χ3n) is 5.12. The number of benzene rings is 2. The van der Waals surface area contributed by atoms with Crippen molar-refractivity contribution in [1.82, 2.24) is 10.2 Å². The second-order valence-corrected chi connectivity index (χ2v) is 6.72. The van der Waals surface area contributed by atoms with Crippen molar-refractivity contribution in [3.8, 4) is 5.75 Å². The zero-order chi connectivity index (χ0) is 18.4. The number of piperazine rings is 1. The molecule has 1 unspecified atom stereocenters. The van der Waals surface area contributed by atoms with Crippen LogP contribution in [0.3, 0.4) is 0 Å². The summed E-state index contributed by atoms with van der Waals surface area (Å²) in [6.07, 6.45) is 2.36. The van der Waals surface area contributed by atoms with E-state index in [1.54, 1.807) is 7.11 Å². The van der Waals surface area contributed by atoms with Crippen molar-refractivity contribution in [2.45, 2.75) is 32.2 Å². The molecule has 1 atom stereocenters. The monoisotopic (exact) mass is 388 g/mol. The van der Waals surface area contributed by atoms with E-state index in [2.05, 4.69) is 42.6 Å². The van der Waals surface area contributed by atoms with E-state index >= 15 is 0 Å². The minimum absolute atomic E-state index is 0. The highest BCUT2D eigenvalue weighted by atomic mass is 35.5. The molecular weight excluding hydrogens is 360 g/mol. The van der Waals surface area contributed by atoms with Crippen LogP contribution < -0.4 is 10.1 Å². The third-order valence-corrected chi connectivity index (χ3v) is 5.12. The maximum absolute atomic E-state index is 12.9. The minimum Gasteiger partial charge on any atom is -0.496 e. The van der Waals surface area contributed by atoms with Crippen LogP contribution in [0.5, 0.6) is 5.75 Å². The van der Waals surface area contributed by atoms with E-state index < -0.39 is 0 Å². The Labute approximate surface area is 168 Å². The van der Waals surface area contributed by atoms with Gasteiger partial charge < -0.3 is 15.0 Å². The molecule has 1 saturated heterocycles. The van der Waals surface area contributed by atoms with Crippen LogP contribution in [0.15, 0.2) is 48.5 Å². The summed E-state index contributed by atoms with van der Waals surface area (Å²) in [5, 5.41) is 3.41. The molecule has 3 rings (SSSR count). The van der Waals surface area contributed by atoms with Crippen molar-refractivity contribution < 1.29 is 9.53 Å². The smallest absolute Gasteiger partial charge is 0.223 e. The Balaban J connectivity index is 0.00000261. The van der Waals surface area contributed by atoms with Gasteiger partial charge >= 0.3 is 0 Å². The number of para-hydroxylation sites is 1. The fourth-order valence-corrected chi connectivity index (χ4v) is 3.56. The first kappa shape index (κ1) is 21.3. The number of hydrogen-bond acceptors (Lipinski definition) is 3. The second kappa shape index (κ2) is 10.3. The molecule has 2 aromatic rings. The van der Waals surface area contributed by atoms with Crippen LogP contribution in [0.4, 0.5) is 0 Å². The van der Waals surface area contributed by atoms with Crippen molar-refractivity contribution in [2.24, 2.45) is 0 Å². The predicted octanol–water partition coefficient (Wildman–Crippen LogP) is 3.79. The van der Waals surface area contributed by atoms with Gasteiger partial charge in [0.05, 0.1) is 13.2 Å². The number of carbonyl (C=O) groups excluding carboxylic acids is 1. The number of methoxy groups -OCH3 is 1. The van der Waals surface area contributed by atoms with E-state index in [9.17, 15) is 4.79 Å². The maximum Gasteiger partial charge on any atom is 0.223 e. The van der Waals surface area contributed by atoms with Crippen LogP contribution in [-0.2, 0) is 17.6 Å². The van der Waals surface area contributed by atoms with Gasteiger partial charge in [0.2, 0.25) is 5.91 Å². The van der Waals surface area contributed by atoms with E-state index in [1.807, 2.05) is 23.1 Å². The first-order valence-electron chi connectivity index (χ1n) is 9.44. The van der Waals surface area contributed by atoms with Crippen LogP contribution in [0.2, 0.25) is 0 Å². The standard InChI is InChI=1S/C22H28N2O2.ClH/c1-3-17-8-10-18(11-9-17)12-13-22(25)24-15-14-23-16-20(24)19-6-4-5-7-21(19)26-2;/h4-11,20,23H,3,12-16H2,1-2H3;1H. The Hall–Kier alpha value is -2.04. The molecular formula is C22H29ClN2O2. The van der Waals surface area contributed by atoms with E-state index in [0.717, 1.165) is 43.8 Å². The third kappa shape index (κ3) is 5.24. The van der Waals surface area contributed by atoms with Gasteiger partial charge in [-0.15, -0.1) is 12.4 Å². The highest BCUT2D eigenvalue weighted by molar-refractivity contribution is 5.85. The Morgan fingerprint density at radius 1 is 1.15 bits per heavy atom. The highest BCUT2D eigenvalue weighted by Gasteiger charge is 2.29. The van der Waals surface area contributed by atoms with Crippen molar-refractivity contribution in [3.05, 3.63) is 65.2 Å². The van der Waals surface area contributed by atoms with Gasteiger partial charge in [0, 0.05) is 31.6 Å². The summed E-state index contributed by atoms with van der Waals surface area (Å²) in [5.74, 6) is 1.05. The quantitative estimate of drug-likeness (QED) is 0.818. The first-order chi connectivity index (χ1) is 12.7. The molecule has 5 heteroatoms. The summed E-state index contributed by atoms with van der Waals surface area (Å²) < 4.78 is 5.51. The molecule has 0 spiro atoms. The summed E-state index contributed by atoms with van der Waals surface area (Å²) in [6, 6.07) is 16.6. The Kier molecular flexibility index (Phi) is 8.14. The molecule has 1 aliphatic rings. The number of ether oxygens (including phenoxy) is 1. The number of halogens is 1. The summed E-state index contributed by atoms with van der Waals surface area (Å²) in [6.45, 7) is 4.48. The number of amides is 1. The molecule has 1 aliphatic heterocycles. The number of aryl methyl sites for hydroxylation is 2. The van der Waals surface area contributed by atoms with Crippen LogP contribution in [0.1, 0.15) is 36.1 Å². The normalized spacial score (nSPS) is 16.5. The Bertz CT molecular complexity index is 733. The first-order valence-corrected chi connectivity index (χ1v) is 9.44. The summed E-state index contributed by atoms with van der Waals surface area (Å²) in [4.78, 5) is 14.9. The summed E-state index contributed by atoms with van der Waals surface area (Å²) in [7, 11) is 1.68. The largest absolute Gasteiger partial charge is 0.496 e. The Morgan fingerprint density at radius 2 is 1.85 bits per heavy atom. The van der Waals surface area contributed by atoms with Gasteiger partial charge in [-0.1, -0.05) is 49.4 Å². The summed E-state index contributed by atoms with van der Waals surface area (Å²) >= 11 is 0. The molecule has 0 radical (unpaired) electrons. The SMILES string of the molecule is CCc1ccc(CCC(=O)N2CCNCC2c2ccccc2OC)cc1.Cl. The van der Waals surface area contributed by atoms with Gasteiger partial charge in [-0.05, 0) is 30.0 Å². The van der Waals surface area contributed by atoms with Gasteiger partial charge in [-0.25, -0.2) is 0 Å². The average molecular weight is 389 g/mol. The molecule has 1 N–H and O–H groups in total. The highest BCUT2D eigenvalue weighted by Crippen LogP contribution is 2.30. The molecule has 2 aromatic carbocycles. The molecule has 0 aliphatic carbocycles. The number of carbonyl (C=O) groups is 1. The van der Waals surface area contributed by atoms with Crippen LogP contribution in [0.25, 0.3) is 0 Å². The lowest BCUT2D eigenvalue weighted by molar-refractivity contribution is -0.134. The van der Waals surface area contributed by atoms with Crippen molar-refractivity contribution in [3.63, 3.8) is 0 Å². The predicted molar refractivity (Wildman–Crippen MR) is 112 cm³/mol. The maximum atomic E-state index is 12.9. The van der Waals surface area contributed by atoms with Crippen molar-refractivity contribution in [2.75, 3.05) is 26.7 Å². The molecule has 4 nitrogen and oxygen atoms in total. The molecule has 0 bridgehead atoms. The van der Waals surface area contributed by atoms with E-state index in [1.165, 1.54) is 11.1 Å². The van der Waals surface area contributed by atoms with Crippen LogP contribution >= 0.6 is 12.4 Å². The van der Waals surface area contributed by atoms with E-state index in [0.29, 0.717) is 6.42 Å². The number of nitrogens with one attached hydrogen (secondary N) is 1. The zero-order valence-electron chi connectivity index (χ0n) is 16.1. The molecule has 0 saturated carbocycles.